The van der Waals surface area contributed by atoms with Crippen molar-refractivity contribution >= 4 is 11.7 Å². The lowest BCUT2D eigenvalue weighted by Crippen LogP contribution is -2.45. The number of fused-ring (bicyclic) bond motifs is 2. The second-order valence-electron chi connectivity index (χ2n) is 8.00. The average Bonchev–Trinajstić information content (AvgIpc) is 2.89. The number of carbonyl (C=O) groups is 1. The van der Waals surface area contributed by atoms with Gasteiger partial charge in [0.2, 0.25) is 5.75 Å². The molecule has 0 saturated carbocycles. The van der Waals surface area contributed by atoms with Gasteiger partial charge < -0.3 is 18.9 Å². The molecule has 0 aliphatic carbocycles. The van der Waals surface area contributed by atoms with Crippen molar-refractivity contribution in [2.45, 2.75) is 57.7 Å². The summed E-state index contributed by atoms with van der Waals surface area (Å²) in [5.74, 6) is 1.85. The smallest absolute Gasteiger partial charge is 0.411 e. The molecule has 3 rings (SSSR count). The van der Waals surface area contributed by atoms with Crippen LogP contribution in [0.5, 0.6) is 17.2 Å². The van der Waals surface area contributed by atoms with Gasteiger partial charge in [-0.1, -0.05) is 6.08 Å². The number of hydrogen-bond donors (Lipinski definition) is 0. The Bertz CT molecular complexity index is 724. The number of ether oxygens (including phenoxy) is 4. The van der Waals surface area contributed by atoms with E-state index in [1.165, 1.54) is 5.57 Å². The van der Waals surface area contributed by atoms with Crippen molar-refractivity contribution in [1.29, 1.82) is 0 Å². The first-order chi connectivity index (χ1) is 12.8. The minimum absolute atomic E-state index is 0.0627. The van der Waals surface area contributed by atoms with Gasteiger partial charge in [0, 0.05) is 6.04 Å². The first-order valence-corrected chi connectivity index (χ1v) is 9.29. The van der Waals surface area contributed by atoms with Crippen LogP contribution in [0, 0.1) is 0 Å². The zero-order valence-electron chi connectivity index (χ0n) is 17.0. The molecule has 0 N–H and O–H groups in total. The summed E-state index contributed by atoms with van der Waals surface area (Å²) in [5, 5.41) is 0. The highest BCUT2D eigenvalue weighted by molar-refractivity contribution is 5.77. The van der Waals surface area contributed by atoms with E-state index < -0.39 is 5.60 Å². The van der Waals surface area contributed by atoms with Gasteiger partial charge >= 0.3 is 6.09 Å². The van der Waals surface area contributed by atoms with E-state index in [1.54, 1.807) is 21.3 Å². The van der Waals surface area contributed by atoms with Gasteiger partial charge in [-0.05, 0) is 63.3 Å². The molecular weight excluding hydrogens is 346 g/mol. The zero-order chi connectivity index (χ0) is 19.8. The molecule has 1 aromatic carbocycles. The highest BCUT2D eigenvalue weighted by atomic mass is 16.6. The molecule has 148 valence electrons. The van der Waals surface area contributed by atoms with Gasteiger partial charge in [-0.15, -0.1) is 0 Å². The van der Waals surface area contributed by atoms with E-state index in [4.69, 9.17) is 18.9 Å². The Balaban J connectivity index is 1.90. The number of hydrogen-bond acceptors (Lipinski definition) is 5. The number of methoxy groups -OCH3 is 3. The van der Waals surface area contributed by atoms with E-state index in [1.807, 2.05) is 37.8 Å². The molecule has 1 aromatic rings. The maximum Gasteiger partial charge on any atom is 0.411 e. The molecule has 1 fully saturated rings. The minimum atomic E-state index is -0.489. The van der Waals surface area contributed by atoms with Gasteiger partial charge in [0.25, 0.3) is 0 Å². The van der Waals surface area contributed by atoms with Crippen LogP contribution < -0.4 is 14.2 Å². The molecule has 6 heteroatoms. The van der Waals surface area contributed by atoms with Crippen molar-refractivity contribution in [1.82, 2.24) is 4.90 Å². The lowest BCUT2D eigenvalue weighted by Gasteiger charge is -2.35. The van der Waals surface area contributed by atoms with Crippen LogP contribution in [0.1, 0.15) is 45.6 Å². The normalized spacial score (nSPS) is 21.6. The van der Waals surface area contributed by atoms with Gasteiger partial charge in [-0.25, -0.2) is 4.79 Å². The highest BCUT2D eigenvalue weighted by Crippen LogP contribution is 2.44. The number of benzene rings is 1. The van der Waals surface area contributed by atoms with Crippen LogP contribution in [0.15, 0.2) is 18.2 Å². The zero-order valence-corrected chi connectivity index (χ0v) is 17.0. The number of carbonyl (C=O) groups excluding carboxylic acids is 1. The van der Waals surface area contributed by atoms with Crippen molar-refractivity contribution < 1.29 is 23.7 Å². The van der Waals surface area contributed by atoms with E-state index >= 15 is 0 Å². The molecule has 0 aromatic heterocycles. The maximum atomic E-state index is 12.6. The lowest BCUT2D eigenvalue weighted by molar-refractivity contribution is 0.0175. The second kappa shape index (κ2) is 7.33. The Kier molecular flexibility index (Phi) is 5.27. The fourth-order valence-electron chi connectivity index (χ4n) is 3.91. The van der Waals surface area contributed by atoms with Crippen LogP contribution in [0.3, 0.4) is 0 Å². The molecule has 6 nitrogen and oxygen atoms in total. The number of nitrogens with zero attached hydrogens (tertiary/aromatic N) is 1. The van der Waals surface area contributed by atoms with Gasteiger partial charge in [0.15, 0.2) is 11.5 Å². The largest absolute Gasteiger partial charge is 0.493 e. The molecule has 1 saturated heterocycles. The van der Waals surface area contributed by atoms with E-state index in [0.717, 1.165) is 24.8 Å². The monoisotopic (exact) mass is 375 g/mol. The van der Waals surface area contributed by atoms with Crippen LogP contribution in [-0.4, -0.2) is 50.0 Å². The molecule has 2 aliphatic heterocycles. The van der Waals surface area contributed by atoms with E-state index in [0.29, 0.717) is 17.2 Å². The van der Waals surface area contributed by atoms with Gasteiger partial charge in [-0.3, -0.25) is 4.90 Å². The Labute approximate surface area is 161 Å². The van der Waals surface area contributed by atoms with E-state index in [9.17, 15) is 4.79 Å². The molecule has 1 amide bonds. The average molecular weight is 375 g/mol. The van der Waals surface area contributed by atoms with Gasteiger partial charge in [0.05, 0.1) is 27.4 Å². The number of rotatable bonds is 4. The summed E-state index contributed by atoms with van der Waals surface area (Å²) < 4.78 is 22.0. The minimum Gasteiger partial charge on any atom is -0.493 e. The third-order valence-corrected chi connectivity index (χ3v) is 5.04. The molecular formula is C21H29NO5. The van der Waals surface area contributed by atoms with Crippen molar-refractivity contribution in [2.24, 2.45) is 0 Å². The van der Waals surface area contributed by atoms with Gasteiger partial charge in [0.1, 0.15) is 5.60 Å². The fraction of sp³-hybridized carbons (Fsp3) is 0.571. The standard InChI is InChI=1S/C21H29NO5/c1-21(2,3)27-20(23)22-15-7-8-16(22)10-13(9-15)14-11-17(24-4)19(26-6)18(12-14)25-5/h9,11-12,15-16H,7-8,10H2,1-6H3. The summed E-state index contributed by atoms with van der Waals surface area (Å²) in [4.78, 5) is 14.5. The summed E-state index contributed by atoms with van der Waals surface area (Å²) in [5.41, 5.74) is 1.74. The van der Waals surface area contributed by atoms with Crippen LogP contribution in [0.25, 0.3) is 5.57 Å². The molecule has 2 unspecified atom stereocenters. The predicted molar refractivity (Wildman–Crippen MR) is 104 cm³/mol. The van der Waals surface area contributed by atoms with Crippen molar-refractivity contribution in [3.8, 4) is 17.2 Å². The Morgan fingerprint density at radius 3 is 2.15 bits per heavy atom. The summed E-state index contributed by atoms with van der Waals surface area (Å²) in [6, 6.07) is 4.16. The molecule has 2 aliphatic rings. The quantitative estimate of drug-likeness (QED) is 0.787. The lowest BCUT2D eigenvalue weighted by atomic mass is 9.94. The third kappa shape index (κ3) is 3.84. The topological polar surface area (TPSA) is 57.2 Å². The van der Waals surface area contributed by atoms with Gasteiger partial charge in [-0.2, -0.15) is 0 Å². The second-order valence-corrected chi connectivity index (χ2v) is 8.00. The molecule has 2 bridgehead atoms. The van der Waals surface area contributed by atoms with Crippen LogP contribution in [-0.2, 0) is 4.74 Å². The SMILES string of the molecule is COc1cc(C2=CC3CCC(C2)N3C(=O)OC(C)(C)C)cc(OC)c1OC. The summed E-state index contributed by atoms with van der Waals surface area (Å²) in [6.45, 7) is 5.69. The highest BCUT2D eigenvalue weighted by Gasteiger charge is 2.41. The first-order valence-electron chi connectivity index (χ1n) is 9.29. The first kappa shape index (κ1) is 19.4. The number of amides is 1. The Morgan fingerprint density at radius 2 is 1.67 bits per heavy atom. The van der Waals surface area contributed by atoms with Crippen LogP contribution in [0.2, 0.25) is 0 Å². The van der Waals surface area contributed by atoms with Crippen molar-refractivity contribution in [2.75, 3.05) is 21.3 Å². The maximum absolute atomic E-state index is 12.6. The van der Waals surface area contributed by atoms with Crippen LogP contribution >= 0.6 is 0 Å². The van der Waals surface area contributed by atoms with Crippen LogP contribution in [0.4, 0.5) is 4.79 Å². The van der Waals surface area contributed by atoms with Crippen molar-refractivity contribution in [3.63, 3.8) is 0 Å². The summed E-state index contributed by atoms with van der Waals surface area (Å²) >= 11 is 0. The van der Waals surface area contributed by atoms with Crippen molar-refractivity contribution in [3.05, 3.63) is 23.8 Å². The summed E-state index contributed by atoms with van der Waals surface area (Å²) in [7, 11) is 4.83. The van der Waals surface area contributed by atoms with E-state index in [-0.39, 0.29) is 18.2 Å². The van der Waals surface area contributed by atoms with E-state index in [2.05, 4.69) is 6.08 Å². The molecule has 0 radical (unpaired) electrons. The molecule has 0 spiro atoms. The Hall–Kier alpha value is -2.37. The summed E-state index contributed by atoms with van der Waals surface area (Å²) in [6.07, 6.45) is 4.67. The molecule has 2 heterocycles. The fourth-order valence-corrected chi connectivity index (χ4v) is 3.91. The molecule has 2 atom stereocenters. The third-order valence-electron chi connectivity index (χ3n) is 5.04. The Morgan fingerprint density at radius 1 is 1.04 bits per heavy atom. The molecule has 27 heavy (non-hydrogen) atoms. The predicted octanol–water partition coefficient (Wildman–Crippen LogP) is 4.27.